The average molecular weight is 393 g/mol. The lowest BCUT2D eigenvalue weighted by Crippen LogP contribution is -2.39. The Morgan fingerprint density at radius 1 is 1.21 bits per heavy atom. The maximum Gasteiger partial charge on any atom is 0.249 e. The molecule has 1 aromatic carbocycles. The fourth-order valence-electron chi connectivity index (χ4n) is 4.09. The summed E-state index contributed by atoms with van der Waals surface area (Å²) in [4.78, 5) is 19.2. The quantitative estimate of drug-likeness (QED) is 0.724. The van der Waals surface area contributed by atoms with Gasteiger partial charge >= 0.3 is 0 Å². The topological polar surface area (TPSA) is 58.0 Å². The van der Waals surface area contributed by atoms with E-state index in [-0.39, 0.29) is 11.8 Å². The summed E-state index contributed by atoms with van der Waals surface area (Å²) in [6.45, 7) is 8.03. The van der Waals surface area contributed by atoms with Crippen LogP contribution >= 0.6 is 0 Å². The van der Waals surface area contributed by atoms with E-state index in [1.807, 2.05) is 24.3 Å². The van der Waals surface area contributed by atoms with Gasteiger partial charge in [0, 0.05) is 30.6 Å². The summed E-state index contributed by atoms with van der Waals surface area (Å²) in [7, 11) is 0. The monoisotopic (exact) mass is 392 g/mol. The molecule has 6 nitrogen and oxygen atoms in total. The third-order valence-corrected chi connectivity index (χ3v) is 5.80. The Morgan fingerprint density at radius 2 is 2.07 bits per heavy atom. The van der Waals surface area contributed by atoms with Crippen molar-refractivity contribution in [3.8, 4) is 5.75 Å². The lowest BCUT2D eigenvalue weighted by Gasteiger charge is -2.33. The molecule has 2 heterocycles. The van der Waals surface area contributed by atoms with Gasteiger partial charge in [0.25, 0.3) is 0 Å². The Kier molecular flexibility index (Phi) is 5.90. The van der Waals surface area contributed by atoms with Gasteiger partial charge in [-0.1, -0.05) is 19.9 Å². The molecular formula is C23H28N4O2. The summed E-state index contributed by atoms with van der Waals surface area (Å²) in [5.74, 6) is 1.68. The van der Waals surface area contributed by atoms with Crippen LogP contribution in [0.4, 0.5) is 5.82 Å². The van der Waals surface area contributed by atoms with E-state index in [9.17, 15) is 4.79 Å². The van der Waals surface area contributed by atoms with Crippen LogP contribution in [0.3, 0.4) is 0 Å². The lowest BCUT2D eigenvalue weighted by molar-refractivity contribution is -0.119. The molecule has 1 atom stereocenters. The molecule has 2 aliphatic rings. The minimum absolute atomic E-state index is 0.0113. The van der Waals surface area contributed by atoms with Crippen molar-refractivity contribution >= 4 is 17.4 Å². The van der Waals surface area contributed by atoms with Gasteiger partial charge < -0.3 is 9.64 Å². The third kappa shape index (κ3) is 4.17. The van der Waals surface area contributed by atoms with Gasteiger partial charge in [-0.3, -0.25) is 4.79 Å². The standard InChI is InChI=1S/C23H28N4O2/c1-3-26(4-2)13-14-29-19-10-11-20-17(15-19)8-9-18-16-22(28)27(25-23(18)20)21-7-5-6-12-24-21/h5-7,10-12,15,18H,3-4,8-9,13-14,16H2,1-2H3. The Balaban J connectivity index is 1.54. The van der Waals surface area contributed by atoms with Crippen LogP contribution < -0.4 is 9.75 Å². The molecule has 0 fully saturated rings. The van der Waals surface area contributed by atoms with Crippen LogP contribution in [0.1, 0.15) is 37.8 Å². The zero-order chi connectivity index (χ0) is 20.2. The molecule has 1 unspecified atom stereocenters. The van der Waals surface area contributed by atoms with Gasteiger partial charge in [-0.2, -0.15) is 10.1 Å². The predicted molar refractivity (Wildman–Crippen MR) is 114 cm³/mol. The Labute approximate surface area is 172 Å². The smallest absolute Gasteiger partial charge is 0.249 e. The molecule has 6 heteroatoms. The first-order valence-electron chi connectivity index (χ1n) is 10.5. The normalized spacial score (nSPS) is 18.3. The number of ether oxygens (including phenoxy) is 1. The van der Waals surface area contributed by atoms with Gasteiger partial charge in [0.2, 0.25) is 5.91 Å². The molecule has 4 rings (SSSR count). The zero-order valence-corrected chi connectivity index (χ0v) is 17.2. The predicted octanol–water partition coefficient (Wildman–Crippen LogP) is 3.51. The van der Waals surface area contributed by atoms with Crippen LogP contribution in [-0.4, -0.2) is 47.7 Å². The van der Waals surface area contributed by atoms with Gasteiger partial charge in [-0.25, -0.2) is 4.98 Å². The highest BCUT2D eigenvalue weighted by Gasteiger charge is 2.35. The van der Waals surface area contributed by atoms with E-state index in [0.717, 1.165) is 49.5 Å². The number of likely N-dealkylation sites (N-methyl/N-ethyl adjacent to an activating group) is 1. The maximum absolute atomic E-state index is 12.6. The number of pyridine rings is 1. The number of rotatable bonds is 7. The first kappa shape index (κ1) is 19.6. The molecule has 0 saturated carbocycles. The second-order valence-corrected chi connectivity index (χ2v) is 7.51. The Morgan fingerprint density at radius 3 is 2.83 bits per heavy atom. The van der Waals surface area contributed by atoms with Crippen molar-refractivity contribution in [2.45, 2.75) is 33.1 Å². The number of nitrogens with zero attached hydrogens (tertiary/aromatic N) is 4. The van der Waals surface area contributed by atoms with Crippen molar-refractivity contribution in [1.29, 1.82) is 0 Å². The number of hydrogen-bond donors (Lipinski definition) is 0. The van der Waals surface area contributed by atoms with Crippen molar-refractivity contribution in [2.75, 3.05) is 31.3 Å². The molecule has 29 heavy (non-hydrogen) atoms. The summed E-state index contributed by atoms with van der Waals surface area (Å²) < 4.78 is 5.99. The Bertz CT molecular complexity index is 893. The molecule has 2 aromatic rings. The number of hydrazone groups is 1. The molecule has 152 valence electrons. The zero-order valence-electron chi connectivity index (χ0n) is 17.2. The fourth-order valence-corrected chi connectivity index (χ4v) is 4.09. The molecule has 1 aliphatic carbocycles. The van der Waals surface area contributed by atoms with Gasteiger partial charge in [0.05, 0.1) is 5.71 Å². The number of amides is 1. The van der Waals surface area contributed by atoms with E-state index in [1.54, 1.807) is 6.20 Å². The van der Waals surface area contributed by atoms with Crippen LogP contribution in [0.5, 0.6) is 5.75 Å². The number of benzene rings is 1. The summed E-state index contributed by atoms with van der Waals surface area (Å²) >= 11 is 0. The molecule has 1 aliphatic heterocycles. The highest BCUT2D eigenvalue weighted by atomic mass is 16.5. The average Bonchev–Trinajstić information content (AvgIpc) is 2.76. The third-order valence-electron chi connectivity index (χ3n) is 5.80. The number of carbonyl (C=O) groups excluding carboxylic acids is 1. The molecule has 0 saturated heterocycles. The highest BCUT2D eigenvalue weighted by molar-refractivity contribution is 6.11. The van der Waals surface area contributed by atoms with E-state index in [0.29, 0.717) is 18.8 Å². The van der Waals surface area contributed by atoms with E-state index in [2.05, 4.69) is 35.9 Å². The van der Waals surface area contributed by atoms with Gasteiger partial charge in [0.15, 0.2) is 5.82 Å². The minimum atomic E-state index is 0.0113. The molecule has 1 aromatic heterocycles. The largest absolute Gasteiger partial charge is 0.492 e. The van der Waals surface area contributed by atoms with Crippen LogP contribution in [0.15, 0.2) is 47.7 Å². The lowest BCUT2D eigenvalue weighted by atomic mass is 9.79. The summed E-state index contributed by atoms with van der Waals surface area (Å²) in [5, 5.41) is 6.18. The van der Waals surface area contributed by atoms with E-state index in [4.69, 9.17) is 9.84 Å². The van der Waals surface area contributed by atoms with Crippen LogP contribution in [-0.2, 0) is 11.2 Å². The molecule has 0 radical (unpaired) electrons. The summed E-state index contributed by atoms with van der Waals surface area (Å²) in [5.41, 5.74) is 3.37. The SMILES string of the molecule is CCN(CC)CCOc1ccc2c(c1)CCC1CC(=O)N(c3ccccn3)N=C21. The maximum atomic E-state index is 12.6. The van der Waals surface area contributed by atoms with E-state index < -0.39 is 0 Å². The van der Waals surface area contributed by atoms with Crippen LogP contribution in [0, 0.1) is 5.92 Å². The molecule has 0 bridgehead atoms. The fraction of sp³-hybridized carbons (Fsp3) is 0.435. The van der Waals surface area contributed by atoms with Gasteiger partial charge in [-0.15, -0.1) is 0 Å². The number of anilines is 1. The van der Waals surface area contributed by atoms with Crippen molar-refractivity contribution in [1.82, 2.24) is 9.88 Å². The summed E-state index contributed by atoms with van der Waals surface area (Å²) in [6, 6.07) is 11.8. The van der Waals surface area contributed by atoms with E-state index >= 15 is 0 Å². The summed E-state index contributed by atoms with van der Waals surface area (Å²) in [6.07, 6.45) is 4.06. The second kappa shape index (κ2) is 8.74. The number of aromatic nitrogens is 1. The first-order valence-corrected chi connectivity index (χ1v) is 10.5. The molecule has 1 amide bonds. The van der Waals surface area contributed by atoms with Crippen LogP contribution in [0.25, 0.3) is 0 Å². The van der Waals surface area contributed by atoms with Gasteiger partial charge in [-0.05, 0) is 61.8 Å². The second-order valence-electron chi connectivity index (χ2n) is 7.51. The first-order chi connectivity index (χ1) is 14.2. The number of fused-ring (bicyclic) bond motifs is 3. The van der Waals surface area contributed by atoms with E-state index in [1.165, 1.54) is 10.6 Å². The van der Waals surface area contributed by atoms with Gasteiger partial charge in [0.1, 0.15) is 12.4 Å². The molecule has 0 spiro atoms. The highest BCUT2D eigenvalue weighted by Crippen LogP contribution is 2.34. The molecular weight excluding hydrogens is 364 g/mol. The number of aryl methyl sites for hydroxylation is 1. The van der Waals surface area contributed by atoms with Crippen molar-refractivity contribution < 1.29 is 9.53 Å². The minimum Gasteiger partial charge on any atom is -0.492 e. The Hall–Kier alpha value is -2.73. The van der Waals surface area contributed by atoms with Crippen molar-refractivity contribution in [3.63, 3.8) is 0 Å². The van der Waals surface area contributed by atoms with Crippen molar-refractivity contribution in [3.05, 3.63) is 53.7 Å². The number of hydrogen-bond acceptors (Lipinski definition) is 5. The molecule has 0 N–H and O–H groups in total. The van der Waals surface area contributed by atoms with Crippen LogP contribution in [0.2, 0.25) is 0 Å². The van der Waals surface area contributed by atoms with Crippen molar-refractivity contribution in [2.24, 2.45) is 11.0 Å². The number of carbonyl (C=O) groups is 1.